The van der Waals surface area contributed by atoms with Gasteiger partial charge in [-0.3, -0.25) is 0 Å². The third-order valence-electron chi connectivity index (χ3n) is 1.74. The van der Waals surface area contributed by atoms with Gasteiger partial charge in [-0.25, -0.2) is 13.2 Å². The highest BCUT2D eigenvalue weighted by atomic mass is 35.5. The van der Waals surface area contributed by atoms with Crippen LogP contribution in [0.1, 0.15) is 12.5 Å². The Morgan fingerprint density at radius 3 is 2.43 bits per heavy atom. The molecule has 0 bridgehead atoms. The van der Waals surface area contributed by atoms with Crippen LogP contribution >= 0.6 is 11.6 Å². The minimum atomic E-state index is -1.26. The summed E-state index contributed by atoms with van der Waals surface area (Å²) in [5, 5.41) is -0.562. The molecule has 78 valence electrons. The largest absolute Gasteiger partial charge is 0.328 e. The van der Waals surface area contributed by atoms with E-state index in [-0.39, 0.29) is 12.0 Å². The third kappa shape index (κ3) is 2.19. The van der Waals surface area contributed by atoms with Crippen molar-refractivity contribution in [3.63, 3.8) is 0 Å². The monoisotopic (exact) mass is 223 g/mol. The maximum absolute atomic E-state index is 13.1. The van der Waals surface area contributed by atoms with Crippen LogP contribution in [0.2, 0.25) is 5.02 Å². The number of nitrogens with two attached hydrogens (primary N) is 1. The molecule has 0 aliphatic heterocycles. The van der Waals surface area contributed by atoms with Crippen LogP contribution in [0.4, 0.5) is 13.2 Å². The van der Waals surface area contributed by atoms with E-state index in [2.05, 4.69) is 0 Å². The molecule has 1 aromatic rings. The van der Waals surface area contributed by atoms with E-state index in [1.165, 1.54) is 0 Å². The van der Waals surface area contributed by atoms with E-state index in [0.29, 0.717) is 0 Å². The SMILES string of the molecule is CC(N)Cc1c(F)cc(Cl)c(F)c1F. The van der Waals surface area contributed by atoms with Crippen molar-refractivity contribution in [3.8, 4) is 0 Å². The van der Waals surface area contributed by atoms with Crippen LogP contribution in [0.25, 0.3) is 0 Å². The fraction of sp³-hybridized carbons (Fsp3) is 0.333. The topological polar surface area (TPSA) is 26.0 Å². The first-order valence-corrected chi connectivity index (χ1v) is 4.38. The summed E-state index contributed by atoms with van der Waals surface area (Å²) >= 11 is 5.24. The lowest BCUT2D eigenvalue weighted by Crippen LogP contribution is -2.20. The van der Waals surface area contributed by atoms with Crippen molar-refractivity contribution < 1.29 is 13.2 Å². The lowest BCUT2D eigenvalue weighted by molar-refractivity contribution is 0.474. The molecule has 2 N–H and O–H groups in total. The van der Waals surface area contributed by atoms with Gasteiger partial charge >= 0.3 is 0 Å². The Kier molecular flexibility index (Phi) is 3.39. The maximum Gasteiger partial charge on any atom is 0.177 e. The predicted molar refractivity (Wildman–Crippen MR) is 48.7 cm³/mol. The minimum absolute atomic E-state index is 0.0637. The molecule has 1 nitrogen and oxygen atoms in total. The number of hydrogen-bond donors (Lipinski definition) is 1. The van der Waals surface area contributed by atoms with Gasteiger partial charge in [0.25, 0.3) is 0 Å². The zero-order valence-electron chi connectivity index (χ0n) is 7.45. The zero-order chi connectivity index (χ0) is 10.9. The van der Waals surface area contributed by atoms with Crippen LogP contribution in [0.5, 0.6) is 0 Å². The van der Waals surface area contributed by atoms with Crippen molar-refractivity contribution in [3.05, 3.63) is 34.1 Å². The van der Waals surface area contributed by atoms with Crippen molar-refractivity contribution in [2.75, 3.05) is 0 Å². The predicted octanol–water partition coefficient (Wildman–Crippen LogP) is 2.65. The molecule has 0 aliphatic rings. The summed E-state index contributed by atoms with van der Waals surface area (Å²) < 4.78 is 39.1. The van der Waals surface area contributed by atoms with Gasteiger partial charge in [-0.1, -0.05) is 11.6 Å². The molecule has 0 spiro atoms. The summed E-state index contributed by atoms with van der Waals surface area (Å²) in [6, 6.07) is 0.303. The van der Waals surface area contributed by atoms with Crippen LogP contribution in [-0.4, -0.2) is 6.04 Å². The molecule has 0 heterocycles. The average Bonchev–Trinajstić information content (AvgIpc) is 2.09. The zero-order valence-corrected chi connectivity index (χ0v) is 8.21. The fourth-order valence-corrected chi connectivity index (χ4v) is 1.29. The van der Waals surface area contributed by atoms with Gasteiger partial charge in [-0.05, 0) is 19.4 Å². The minimum Gasteiger partial charge on any atom is -0.328 e. The molecule has 1 rings (SSSR count). The normalized spacial score (nSPS) is 13.0. The third-order valence-corrected chi connectivity index (χ3v) is 2.01. The molecule has 0 radical (unpaired) electrons. The van der Waals surface area contributed by atoms with E-state index in [0.717, 1.165) is 6.07 Å². The molecular formula is C9H9ClF3N. The summed E-state index contributed by atoms with van der Waals surface area (Å²) in [5.74, 6) is -3.36. The summed E-state index contributed by atoms with van der Waals surface area (Å²) in [4.78, 5) is 0. The second-order valence-corrected chi connectivity index (χ2v) is 3.54. The van der Waals surface area contributed by atoms with Crippen LogP contribution in [-0.2, 0) is 6.42 Å². The number of halogens is 4. The Morgan fingerprint density at radius 2 is 1.93 bits per heavy atom. The van der Waals surface area contributed by atoms with E-state index >= 15 is 0 Å². The van der Waals surface area contributed by atoms with Crippen LogP contribution in [0.15, 0.2) is 6.07 Å². The lowest BCUT2D eigenvalue weighted by Gasteiger charge is -2.09. The highest BCUT2D eigenvalue weighted by molar-refractivity contribution is 6.30. The smallest absolute Gasteiger partial charge is 0.177 e. The fourth-order valence-electron chi connectivity index (χ4n) is 1.11. The first kappa shape index (κ1) is 11.3. The van der Waals surface area contributed by atoms with E-state index in [1.807, 2.05) is 0 Å². The molecule has 14 heavy (non-hydrogen) atoms. The van der Waals surface area contributed by atoms with E-state index in [1.54, 1.807) is 6.92 Å². The lowest BCUT2D eigenvalue weighted by atomic mass is 10.1. The van der Waals surface area contributed by atoms with Gasteiger partial charge in [-0.2, -0.15) is 0 Å². The second kappa shape index (κ2) is 4.19. The summed E-state index contributed by atoms with van der Waals surface area (Å²) in [6.45, 7) is 1.57. The Balaban J connectivity index is 3.22. The van der Waals surface area contributed by atoms with Crippen LogP contribution in [0.3, 0.4) is 0 Å². The highest BCUT2D eigenvalue weighted by Gasteiger charge is 2.18. The molecule has 5 heteroatoms. The van der Waals surface area contributed by atoms with E-state index < -0.39 is 28.5 Å². The van der Waals surface area contributed by atoms with Crippen molar-refractivity contribution in [1.29, 1.82) is 0 Å². The summed E-state index contributed by atoms with van der Waals surface area (Å²) in [7, 11) is 0. The highest BCUT2D eigenvalue weighted by Crippen LogP contribution is 2.24. The molecule has 1 atom stereocenters. The van der Waals surface area contributed by atoms with Gasteiger partial charge in [0.05, 0.1) is 5.02 Å². The van der Waals surface area contributed by atoms with Gasteiger partial charge < -0.3 is 5.73 Å². The van der Waals surface area contributed by atoms with Gasteiger partial charge in [0, 0.05) is 11.6 Å². The average molecular weight is 224 g/mol. The first-order valence-electron chi connectivity index (χ1n) is 4.01. The quantitative estimate of drug-likeness (QED) is 0.605. The summed E-state index contributed by atoms with van der Waals surface area (Å²) in [5.41, 5.74) is 5.00. The van der Waals surface area contributed by atoms with Crippen LogP contribution < -0.4 is 5.73 Å². The van der Waals surface area contributed by atoms with Gasteiger partial charge in [0.2, 0.25) is 0 Å². The number of rotatable bonds is 2. The number of benzene rings is 1. The maximum atomic E-state index is 13.1. The van der Waals surface area contributed by atoms with Gasteiger partial charge in [-0.15, -0.1) is 0 Å². The van der Waals surface area contributed by atoms with Gasteiger partial charge in [0.1, 0.15) is 5.82 Å². The molecule has 0 saturated heterocycles. The molecule has 0 amide bonds. The molecule has 0 aliphatic carbocycles. The van der Waals surface area contributed by atoms with Gasteiger partial charge in [0.15, 0.2) is 11.6 Å². The Bertz CT molecular complexity index is 352. The van der Waals surface area contributed by atoms with Crippen molar-refractivity contribution in [1.82, 2.24) is 0 Å². The molecular weight excluding hydrogens is 215 g/mol. The second-order valence-electron chi connectivity index (χ2n) is 3.13. The molecule has 1 unspecified atom stereocenters. The Hall–Kier alpha value is -0.740. The molecule has 0 aromatic heterocycles. The number of hydrogen-bond acceptors (Lipinski definition) is 1. The van der Waals surface area contributed by atoms with E-state index in [4.69, 9.17) is 17.3 Å². The first-order chi connectivity index (χ1) is 6.43. The Morgan fingerprint density at radius 1 is 1.36 bits per heavy atom. The van der Waals surface area contributed by atoms with Crippen molar-refractivity contribution in [2.45, 2.75) is 19.4 Å². The van der Waals surface area contributed by atoms with E-state index in [9.17, 15) is 13.2 Å². The molecule has 0 fully saturated rings. The molecule has 1 aromatic carbocycles. The van der Waals surface area contributed by atoms with Crippen molar-refractivity contribution >= 4 is 11.6 Å². The molecule has 0 saturated carbocycles. The standard InChI is InChI=1S/C9H9ClF3N/c1-4(14)2-5-7(11)3-6(10)9(13)8(5)12/h3-4H,2,14H2,1H3. The summed E-state index contributed by atoms with van der Waals surface area (Å²) in [6.07, 6.45) is -0.0637. The Labute approximate surface area is 84.7 Å². The van der Waals surface area contributed by atoms with Crippen LogP contribution in [0, 0.1) is 17.5 Å². The van der Waals surface area contributed by atoms with Crippen molar-refractivity contribution in [2.24, 2.45) is 5.73 Å².